The third kappa shape index (κ3) is 3.80. The predicted molar refractivity (Wildman–Crippen MR) is 78.9 cm³/mol. The molecule has 1 aliphatic carbocycles. The van der Waals surface area contributed by atoms with Crippen molar-refractivity contribution >= 4 is 11.6 Å². The van der Waals surface area contributed by atoms with Crippen molar-refractivity contribution in [3.63, 3.8) is 0 Å². The van der Waals surface area contributed by atoms with Gasteiger partial charge in [-0.05, 0) is 37.0 Å². The highest BCUT2D eigenvalue weighted by atomic mass is 16.1. The molecule has 3 N–H and O–H groups in total. The Labute approximate surface area is 115 Å². The number of nitrogens with one attached hydrogen (secondary N) is 1. The number of carbonyl (C=O) groups is 1. The van der Waals surface area contributed by atoms with Gasteiger partial charge < -0.3 is 11.1 Å². The van der Waals surface area contributed by atoms with Crippen molar-refractivity contribution in [3.05, 3.63) is 29.3 Å². The minimum absolute atomic E-state index is 0.180. The molecule has 0 saturated heterocycles. The quantitative estimate of drug-likeness (QED) is 0.819. The van der Waals surface area contributed by atoms with Crippen LogP contribution < -0.4 is 11.1 Å². The minimum atomic E-state index is 0.180. The lowest BCUT2D eigenvalue weighted by atomic mass is 9.99. The number of benzene rings is 1. The van der Waals surface area contributed by atoms with E-state index in [-0.39, 0.29) is 11.8 Å². The molecule has 19 heavy (non-hydrogen) atoms. The zero-order chi connectivity index (χ0) is 13.7. The van der Waals surface area contributed by atoms with Gasteiger partial charge in [-0.2, -0.15) is 0 Å². The van der Waals surface area contributed by atoms with E-state index in [1.54, 1.807) is 0 Å². The average molecular weight is 260 g/mol. The summed E-state index contributed by atoms with van der Waals surface area (Å²) in [6.07, 6.45) is 6.96. The standard InChI is InChI=1S/C16H24N2O/c1-12-8-9-13(11-17)10-15(12)18-16(19)14-6-4-2-3-5-7-14/h8-10,14H,2-7,11,17H2,1H3,(H,18,19). The number of nitrogens with two attached hydrogens (primary N) is 1. The van der Waals surface area contributed by atoms with Crippen molar-refractivity contribution in [3.8, 4) is 0 Å². The molecular formula is C16H24N2O. The van der Waals surface area contributed by atoms with Crippen LogP contribution >= 0.6 is 0 Å². The van der Waals surface area contributed by atoms with Crippen LogP contribution in [0.25, 0.3) is 0 Å². The van der Waals surface area contributed by atoms with Crippen LogP contribution in [0.5, 0.6) is 0 Å². The van der Waals surface area contributed by atoms with Crippen molar-refractivity contribution in [2.24, 2.45) is 11.7 Å². The molecule has 0 heterocycles. The van der Waals surface area contributed by atoms with Gasteiger partial charge in [-0.15, -0.1) is 0 Å². The maximum absolute atomic E-state index is 12.3. The Kier molecular flexibility index (Phi) is 4.97. The molecule has 2 rings (SSSR count). The maximum Gasteiger partial charge on any atom is 0.227 e. The highest BCUT2D eigenvalue weighted by Gasteiger charge is 2.20. The molecule has 1 aromatic carbocycles. The van der Waals surface area contributed by atoms with E-state index in [9.17, 15) is 4.79 Å². The zero-order valence-corrected chi connectivity index (χ0v) is 11.7. The van der Waals surface area contributed by atoms with Crippen LogP contribution in [0.4, 0.5) is 5.69 Å². The van der Waals surface area contributed by atoms with E-state index in [0.29, 0.717) is 6.54 Å². The van der Waals surface area contributed by atoms with Crippen LogP contribution in [-0.4, -0.2) is 5.91 Å². The molecule has 1 amide bonds. The van der Waals surface area contributed by atoms with Gasteiger partial charge in [-0.1, -0.05) is 37.8 Å². The first-order valence-electron chi connectivity index (χ1n) is 7.31. The van der Waals surface area contributed by atoms with Crippen molar-refractivity contribution in [2.75, 3.05) is 5.32 Å². The number of aryl methyl sites for hydroxylation is 1. The van der Waals surface area contributed by atoms with Crippen molar-refractivity contribution in [1.82, 2.24) is 0 Å². The molecule has 3 heteroatoms. The van der Waals surface area contributed by atoms with Gasteiger partial charge in [0.25, 0.3) is 0 Å². The van der Waals surface area contributed by atoms with Crippen LogP contribution in [0.3, 0.4) is 0 Å². The summed E-state index contributed by atoms with van der Waals surface area (Å²) in [4.78, 5) is 12.3. The Morgan fingerprint density at radius 2 is 1.95 bits per heavy atom. The molecule has 0 bridgehead atoms. The normalized spacial score (nSPS) is 16.9. The fourth-order valence-corrected chi connectivity index (χ4v) is 2.71. The average Bonchev–Trinajstić information content (AvgIpc) is 2.70. The largest absolute Gasteiger partial charge is 0.326 e. The van der Waals surface area contributed by atoms with Gasteiger partial charge in [0, 0.05) is 18.2 Å². The molecule has 1 fully saturated rings. The molecule has 0 radical (unpaired) electrons. The summed E-state index contributed by atoms with van der Waals surface area (Å²) in [6.45, 7) is 2.52. The Bertz CT molecular complexity index is 434. The minimum Gasteiger partial charge on any atom is -0.326 e. The van der Waals surface area contributed by atoms with Gasteiger partial charge in [0.05, 0.1) is 0 Å². The molecule has 0 spiro atoms. The fourth-order valence-electron chi connectivity index (χ4n) is 2.71. The summed E-state index contributed by atoms with van der Waals surface area (Å²) < 4.78 is 0. The van der Waals surface area contributed by atoms with Crippen LogP contribution in [0.15, 0.2) is 18.2 Å². The van der Waals surface area contributed by atoms with Crippen molar-refractivity contribution in [2.45, 2.75) is 52.0 Å². The molecule has 104 valence electrons. The molecule has 3 nitrogen and oxygen atoms in total. The summed E-state index contributed by atoms with van der Waals surface area (Å²) in [7, 11) is 0. The van der Waals surface area contributed by atoms with Crippen LogP contribution in [0.2, 0.25) is 0 Å². The monoisotopic (exact) mass is 260 g/mol. The maximum atomic E-state index is 12.3. The van der Waals surface area contributed by atoms with E-state index in [1.807, 2.05) is 25.1 Å². The number of amides is 1. The van der Waals surface area contributed by atoms with E-state index in [1.165, 1.54) is 25.7 Å². The summed E-state index contributed by atoms with van der Waals surface area (Å²) >= 11 is 0. The second kappa shape index (κ2) is 6.71. The SMILES string of the molecule is Cc1ccc(CN)cc1NC(=O)C1CCCCCC1. The number of hydrogen-bond acceptors (Lipinski definition) is 2. The summed E-state index contributed by atoms with van der Waals surface area (Å²) in [5.74, 6) is 0.364. The topological polar surface area (TPSA) is 55.1 Å². The van der Waals surface area contributed by atoms with E-state index < -0.39 is 0 Å². The predicted octanol–water partition coefficient (Wildman–Crippen LogP) is 3.36. The van der Waals surface area contributed by atoms with Crippen molar-refractivity contribution < 1.29 is 4.79 Å². The van der Waals surface area contributed by atoms with Gasteiger partial charge in [0.1, 0.15) is 0 Å². The van der Waals surface area contributed by atoms with Crippen LogP contribution in [-0.2, 0) is 11.3 Å². The number of rotatable bonds is 3. The van der Waals surface area contributed by atoms with Gasteiger partial charge in [-0.25, -0.2) is 0 Å². The second-order valence-corrected chi connectivity index (χ2v) is 5.53. The first-order valence-corrected chi connectivity index (χ1v) is 7.31. The smallest absolute Gasteiger partial charge is 0.227 e. The number of carbonyl (C=O) groups excluding carboxylic acids is 1. The number of hydrogen-bond donors (Lipinski definition) is 2. The van der Waals surface area contributed by atoms with E-state index in [4.69, 9.17) is 5.73 Å². The molecule has 1 aliphatic rings. The third-order valence-corrected chi connectivity index (χ3v) is 4.02. The molecule has 0 aromatic heterocycles. The molecule has 0 atom stereocenters. The second-order valence-electron chi connectivity index (χ2n) is 5.53. The van der Waals surface area contributed by atoms with Gasteiger partial charge in [0.2, 0.25) is 5.91 Å². The molecule has 1 aromatic rings. The highest BCUT2D eigenvalue weighted by Crippen LogP contribution is 2.25. The fraction of sp³-hybridized carbons (Fsp3) is 0.562. The highest BCUT2D eigenvalue weighted by molar-refractivity contribution is 5.93. The van der Waals surface area contributed by atoms with Gasteiger partial charge in [0.15, 0.2) is 0 Å². The Hall–Kier alpha value is -1.35. The van der Waals surface area contributed by atoms with E-state index in [0.717, 1.165) is 29.7 Å². The lowest BCUT2D eigenvalue weighted by Crippen LogP contribution is -2.22. The first-order chi connectivity index (χ1) is 9.20. The molecule has 0 unspecified atom stereocenters. The molecule has 0 aliphatic heterocycles. The summed E-state index contributed by atoms with van der Waals surface area (Å²) in [6, 6.07) is 6.02. The lowest BCUT2D eigenvalue weighted by Gasteiger charge is -2.16. The molecule has 1 saturated carbocycles. The lowest BCUT2D eigenvalue weighted by molar-refractivity contribution is -0.120. The first kappa shape index (κ1) is 14.1. The van der Waals surface area contributed by atoms with Crippen LogP contribution in [0, 0.1) is 12.8 Å². The summed E-state index contributed by atoms with van der Waals surface area (Å²) in [5.41, 5.74) is 8.72. The Morgan fingerprint density at radius 3 is 2.58 bits per heavy atom. The Balaban J connectivity index is 2.05. The zero-order valence-electron chi connectivity index (χ0n) is 11.7. The van der Waals surface area contributed by atoms with Crippen LogP contribution in [0.1, 0.15) is 49.7 Å². The third-order valence-electron chi connectivity index (χ3n) is 4.02. The Morgan fingerprint density at radius 1 is 1.26 bits per heavy atom. The summed E-state index contributed by atoms with van der Waals surface area (Å²) in [5, 5.41) is 3.09. The van der Waals surface area contributed by atoms with Gasteiger partial charge in [-0.3, -0.25) is 4.79 Å². The number of anilines is 1. The van der Waals surface area contributed by atoms with E-state index >= 15 is 0 Å². The van der Waals surface area contributed by atoms with Crippen molar-refractivity contribution in [1.29, 1.82) is 0 Å². The molecular weight excluding hydrogens is 236 g/mol. The van der Waals surface area contributed by atoms with E-state index in [2.05, 4.69) is 5.32 Å². The van der Waals surface area contributed by atoms with Gasteiger partial charge >= 0.3 is 0 Å².